The Morgan fingerprint density at radius 3 is 2.67 bits per heavy atom. The number of rotatable bonds is 7. The van der Waals surface area contributed by atoms with E-state index in [1.807, 2.05) is 30.3 Å². The first-order valence-electron chi connectivity index (χ1n) is 8.92. The zero-order valence-corrected chi connectivity index (χ0v) is 16.8. The molecule has 1 aromatic carbocycles. The SMILES string of the molecule is COc1ccc(-n2c(SCCN3CCOCC3)nnc2-c2cccs2)cc1. The minimum Gasteiger partial charge on any atom is -0.497 e. The summed E-state index contributed by atoms with van der Waals surface area (Å²) in [5.41, 5.74) is 1.04. The maximum absolute atomic E-state index is 5.42. The molecule has 0 amide bonds. The summed E-state index contributed by atoms with van der Waals surface area (Å²) in [6, 6.07) is 12.2. The molecule has 0 atom stereocenters. The zero-order chi connectivity index (χ0) is 18.5. The Bertz CT molecular complexity index is 843. The molecular formula is C19H22N4O2S2. The highest BCUT2D eigenvalue weighted by atomic mass is 32.2. The van der Waals surface area contributed by atoms with E-state index in [-0.39, 0.29) is 0 Å². The lowest BCUT2D eigenvalue weighted by molar-refractivity contribution is 0.0410. The van der Waals surface area contributed by atoms with Crippen LogP contribution in [0.1, 0.15) is 0 Å². The van der Waals surface area contributed by atoms with Gasteiger partial charge in [0, 0.05) is 25.4 Å². The summed E-state index contributed by atoms with van der Waals surface area (Å²) in [5, 5.41) is 11.9. The van der Waals surface area contributed by atoms with Crippen molar-refractivity contribution in [2.24, 2.45) is 0 Å². The molecule has 2 aromatic heterocycles. The van der Waals surface area contributed by atoms with Crippen LogP contribution in [0.2, 0.25) is 0 Å². The molecular weight excluding hydrogens is 380 g/mol. The highest BCUT2D eigenvalue weighted by Gasteiger charge is 2.18. The second-order valence-corrected chi connectivity index (χ2v) is 8.13. The van der Waals surface area contributed by atoms with E-state index in [2.05, 4.69) is 31.1 Å². The van der Waals surface area contributed by atoms with Crippen molar-refractivity contribution in [1.82, 2.24) is 19.7 Å². The fourth-order valence-corrected chi connectivity index (χ4v) is 4.63. The smallest absolute Gasteiger partial charge is 0.196 e. The van der Waals surface area contributed by atoms with Crippen molar-refractivity contribution in [3.05, 3.63) is 41.8 Å². The van der Waals surface area contributed by atoms with Crippen LogP contribution in [0, 0.1) is 0 Å². The van der Waals surface area contributed by atoms with Crippen molar-refractivity contribution in [3.8, 4) is 22.1 Å². The highest BCUT2D eigenvalue weighted by molar-refractivity contribution is 7.99. The van der Waals surface area contributed by atoms with E-state index < -0.39 is 0 Å². The number of nitrogens with zero attached hydrogens (tertiary/aromatic N) is 4. The monoisotopic (exact) mass is 402 g/mol. The van der Waals surface area contributed by atoms with E-state index in [1.165, 1.54) is 0 Å². The number of thioether (sulfide) groups is 1. The van der Waals surface area contributed by atoms with Gasteiger partial charge < -0.3 is 9.47 Å². The van der Waals surface area contributed by atoms with Crippen LogP contribution in [0.25, 0.3) is 16.4 Å². The molecule has 0 N–H and O–H groups in total. The van der Waals surface area contributed by atoms with Crippen LogP contribution in [0.3, 0.4) is 0 Å². The van der Waals surface area contributed by atoms with Gasteiger partial charge in [-0.25, -0.2) is 0 Å². The van der Waals surface area contributed by atoms with Crippen molar-refractivity contribution in [1.29, 1.82) is 0 Å². The summed E-state index contributed by atoms with van der Waals surface area (Å²) < 4.78 is 12.8. The minimum atomic E-state index is 0.829. The standard InChI is InChI=1S/C19H22N4O2S2/c1-24-16-6-4-15(5-7-16)23-18(17-3-2-13-26-17)20-21-19(23)27-14-10-22-8-11-25-12-9-22/h2-7,13H,8-12,14H2,1H3. The molecule has 1 aliphatic heterocycles. The van der Waals surface area contributed by atoms with Crippen LogP contribution in [0.4, 0.5) is 0 Å². The van der Waals surface area contributed by atoms with Crippen molar-refractivity contribution in [2.75, 3.05) is 45.7 Å². The van der Waals surface area contributed by atoms with Crippen LogP contribution in [-0.4, -0.2) is 65.4 Å². The molecule has 27 heavy (non-hydrogen) atoms. The van der Waals surface area contributed by atoms with Gasteiger partial charge in [-0.2, -0.15) is 0 Å². The second kappa shape index (κ2) is 8.88. The van der Waals surface area contributed by atoms with E-state index in [9.17, 15) is 0 Å². The number of morpholine rings is 1. The van der Waals surface area contributed by atoms with Crippen LogP contribution < -0.4 is 4.74 Å². The van der Waals surface area contributed by atoms with Crippen molar-refractivity contribution in [2.45, 2.75) is 5.16 Å². The van der Waals surface area contributed by atoms with Gasteiger partial charge in [-0.3, -0.25) is 9.47 Å². The number of methoxy groups -OCH3 is 1. The molecule has 0 bridgehead atoms. The normalized spacial score (nSPS) is 15.1. The van der Waals surface area contributed by atoms with Crippen LogP contribution in [0.15, 0.2) is 46.9 Å². The third kappa shape index (κ3) is 4.35. The van der Waals surface area contributed by atoms with E-state index in [0.29, 0.717) is 0 Å². The van der Waals surface area contributed by atoms with Gasteiger partial charge in [0.2, 0.25) is 0 Å². The van der Waals surface area contributed by atoms with E-state index >= 15 is 0 Å². The van der Waals surface area contributed by atoms with Crippen molar-refractivity contribution in [3.63, 3.8) is 0 Å². The fraction of sp³-hybridized carbons (Fsp3) is 0.368. The summed E-state index contributed by atoms with van der Waals surface area (Å²) in [6.45, 7) is 4.70. The first-order chi connectivity index (χ1) is 13.3. The lowest BCUT2D eigenvalue weighted by Gasteiger charge is -2.26. The van der Waals surface area contributed by atoms with Gasteiger partial charge in [-0.15, -0.1) is 21.5 Å². The van der Waals surface area contributed by atoms with Crippen LogP contribution in [-0.2, 0) is 4.74 Å². The van der Waals surface area contributed by atoms with Gasteiger partial charge in [0.1, 0.15) is 5.75 Å². The van der Waals surface area contributed by atoms with E-state index in [4.69, 9.17) is 9.47 Å². The summed E-state index contributed by atoms with van der Waals surface area (Å²) in [6.07, 6.45) is 0. The molecule has 3 aromatic rings. The predicted molar refractivity (Wildman–Crippen MR) is 109 cm³/mol. The predicted octanol–water partition coefficient (Wildman–Crippen LogP) is 3.43. The largest absolute Gasteiger partial charge is 0.497 e. The summed E-state index contributed by atoms with van der Waals surface area (Å²) in [5.74, 6) is 2.69. The molecule has 0 unspecified atom stereocenters. The van der Waals surface area contributed by atoms with Gasteiger partial charge in [0.25, 0.3) is 0 Å². The van der Waals surface area contributed by atoms with Gasteiger partial charge in [0.05, 0.1) is 30.9 Å². The van der Waals surface area contributed by atoms with Crippen LogP contribution >= 0.6 is 23.1 Å². The van der Waals surface area contributed by atoms with Crippen LogP contribution in [0.5, 0.6) is 5.75 Å². The van der Waals surface area contributed by atoms with Gasteiger partial charge in [0.15, 0.2) is 11.0 Å². The quantitative estimate of drug-likeness (QED) is 0.565. The van der Waals surface area contributed by atoms with Crippen molar-refractivity contribution >= 4 is 23.1 Å². The summed E-state index contributed by atoms with van der Waals surface area (Å²) >= 11 is 3.42. The molecule has 1 saturated heterocycles. The van der Waals surface area contributed by atoms with Gasteiger partial charge >= 0.3 is 0 Å². The van der Waals surface area contributed by atoms with Crippen molar-refractivity contribution < 1.29 is 9.47 Å². The average molecular weight is 403 g/mol. The molecule has 6 nitrogen and oxygen atoms in total. The number of hydrogen-bond donors (Lipinski definition) is 0. The summed E-state index contributed by atoms with van der Waals surface area (Å²) in [7, 11) is 1.68. The molecule has 4 rings (SSSR count). The number of hydrogen-bond acceptors (Lipinski definition) is 7. The maximum Gasteiger partial charge on any atom is 0.196 e. The molecule has 0 spiro atoms. The zero-order valence-electron chi connectivity index (χ0n) is 15.2. The number of thiophene rings is 1. The molecule has 3 heterocycles. The first-order valence-corrected chi connectivity index (χ1v) is 10.8. The Morgan fingerprint density at radius 1 is 1.15 bits per heavy atom. The number of ether oxygens (including phenoxy) is 2. The minimum absolute atomic E-state index is 0.829. The molecule has 0 aliphatic carbocycles. The lowest BCUT2D eigenvalue weighted by atomic mass is 10.3. The lowest BCUT2D eigenvalue weighted by Crippen LogP contribution is -2.37. The molecule has 1 aliphatic rings. The van der Waals surface area contributed by atoms with Gasteiger partial charge in [-0.1, -0.05) is 17.8 Å². The number of benzene rings is 1. The number of aromatic nitrogens is 3. The second-order valence-electron chi connectivity index (χ2n) is 6.12. The molecule has 0 radical (unpaired) electrons. The maximum atomic E-state index is 5.42. The van der Waals surface area contributed by atoms with E-state index in [0.717, 1.165) is 65.9 Å². The topological polar surface area (TPSA) is 52.4 Å². The Labute approximate surface area is 167 Å². The third-order valence-corrected chi connectivity index (χ3v) is 6.22. The molecule has 0 saturated carbocycles. The highest BCUT2D eigenvalue weighted by Crippen LogP contribution is 2.31. The fourth-order valence-electron chi connectivity index (χ4n) is 2.98. The average Bonchev–Trinajstić information content (AvgIpc) is 3.39. The Balaban J connectivity index is 1.56. The molecule has 142 valence electrons. The Hall–Kier alpha value is -1.87. The third-order valence-electron chi connectivity index (χ3n) is 4.45. The summed E-state index contributed by atoms with van der Waals surface area (Å²) in [4.78, 5) is 3.54. The Kier molecular flexibility index (Phi) is 6.08. The van der Waals surface area contributed by atoms with Gasteiger partial charge in [-0.05, 0) is 35.7 Å². The van der Waals surface area contributed by atoms with E-state index in [1.54, 1.807) is 30.2 Å². The molecule has 1 fully saturated rings. The molecule has 8 heteroatoms. The Morgan fingerprint density at radius 2 is 1.96 bits per heavy atom. The first kappa shape index (κ1) is 18.5.